The third-order valence-corrected chi connectivity index (χ3v) is 6.40. The van der Waals surface area contributed by atoms with E-state index in [0.29, 0.717) is 24.5 Å². The number of allylic oxidation sites excluding steroid dienone is 5. The third-order valence-electron chi connectivity index (χ3n) is 6.40. The highest BCUT2D eigenvalue weighted by atomic mass is 16.5. The molecule has 200 valence electrons. The van der Waals surface area contributed by atoms with Crippen LogP contribution < -0.4 is 0 Å². The van der Waals surface area contributed by atoms with Gasteiger partial charge in [0, 0.05) is 12.1 Å². The lowest BCUT2D eigenvalue weighted by molar-refractivity contribution is -0.140. The molecule has 0 saturated heterocycles. The summed E-state index contributed by atoms with van der Waals surface area (Å²) < 4.78 is 11.4. The molecule has 0 aromatic heterocycles. The maximum Gasteiger partial charge on any atom is 0.356 e. The predicted molar refractivity (Wildman–Crippen MR) is 151 cm³/mol. The smallest absolute Gasteiger partial charge is 0.356 e. The molecule has 0 saturated carbocycles. The molecule has 2 rings (SSSR count). The first-order valence-corrected chi connectivity index (χ1v) is 13.8. The highest BCUT2D eigenvalue weighted by Gasteiger charge is 2.19. The summed E-state index contributed by atoms with van der Waals surface area (Å²) in [5.41, 5.74) is 1.42. The zero-order valence-electron chi connectivity index (χ0n) is 22.8. The molecule has 0 bridgehead atoms. The van der Waals surface area contributed by atoms with Gasteiger partial charge >= 0.3 is 5.97 Å². The predicted octanol–water partition coefficient (Wildman–Crippen LogP) is 7.56. The highest BCUT2D eigenvalue weighted by molar-refractivity contribution is 5.92. The number of unbranched alkanes of at least 4 members (excludes halogenated alkanes) is 7. The molecule has 1 aromatic carbocycles. The van der Waals surface area contributed by atoms with Crippen molar-refractivity contribution in [2.24, 2.45) is 16.8 Å². The zero-order chi connectivity index (χ0) is 26.7. The van der Waals surface area contributed by atoms with Crippen LogP contribution in [0.15, 0.2) is 76.7 Å². The molecule has 2 atom stereocenters. The topological polar surface area (TPSA) is 65.0 Å². The second-order valence-corrected chi connectivity index (χ2v) is 9.65. The average Bonchev–Trinajstić information content (AvgIpc) is 2.93. The molecule has 1 aliphatic rings. The van der Waals surface area contributed by atoms with Crippen LogP contribution in [0.3, 0.4) is 0 Å². The number of ether oxygens (including phenoxy) is 2. The van der Waals surface area contributed by atoms with Crippen molar-refractivity contribution in [3.8, 4) is 0 Å². The van der Waals surface area contributed by atoms with Gasteiger partial charge in [-0.3, -0.25) is 0 Å². The molecule has 37 heavy (non-hydrogen) atoms. The normalized spacial score (nSPS) is 16.4. The fourth-order valence-electron chi connectivity index (χ4n) is 3.79. The number of nitrogens with zero attached hydrogens (tertiary/aromatic N) is 1. The van der Waals surface area contributed by atoms with E-state index in [1.807, 2.05) is 55.3 Å². The molecule has 0 spiro atoms. The van der Waals surface area contributed by atoms with E-state index in [1.54, 1.807) is 18.4 Å². The van der Waals surface area contributed by atoms with Crippen molar-refractivity contribution < 1.29 is 19.1 Å². The summed E-state index contributed by atoms with van der Waals surface area (Å²) in [5.74, 6) is 1.96. The largest absolute Gasteiger partial charge is 0.494 e. The van der Waals surface area contributed by atoms with Gasteiger partial charge in [-0.15, -0.1) is 0 Å². The lowest BCUT2D eigenvalue weighted by atomic mass is 9.94. The lowest BCUT2D eigenvalue weighted by Gasteiger charge is -2.16. The molecule has 0 N–H and O–H groups in total. The maximum absolute atomic E-state index is 12.8. The molecule has 0 radical (unpaired) electrons. The van der Waals surface area contributed by atoms with Crippen LogP contribution in [-0.4, -0.2) is 31.3 Å². The van der Waals surface area contributed by atoms with Crippen LogP contribution in [0, 0.1) is 11.8 Å². The summed E-state index contributed by atoms with van der Waals surface area (Å²) >= 11 is 0. The fraction of sp³-hybridized carbons (Fsp3) is 0.500. The summed E-state index contributed by atoms with van der Waals surface area (Å²) in [5, 5.41) is 0. The van der Waals surface area contributed by atoms with Crippen molar-refractivity contribution in [1.82, 2.24) is 0 Å². The number of esters is 1. The molecular formula is C32H43NO4. The molecule has 0 aliphatic heterocycles. The van der Waals surface area contributed by atoms with Crippen molar-refractivity contribution >= 4 is 18.1 Å². The van der Waals surface area contributed by atoms with Gasteiger partial charge in [0.1, 0.15) is 17.4 Å². The van der Waals surface area contributed by atoms with Crippen LogP contribution >= 0.6 is 0 Å². The Morgan fingerprint density at radius 1 is 1.05 bits per heavy atom. The SMILES string of the molecule is CCCCCCCCCCOC1=CC(=C=O)C(C=C(N=Cc2ccccc2)C(=O)OC[C@@H](C)CC)C=C1. The molecule has 0 amide bonds. The molecule has 1 aromatic rings. The highest BCUT2D eigenvalue weighted by Crippen LogP contribution is 2.24. The monoisotopic (exact) mass is 505 g/mol. The van der Waals surface area contributed by atoms with Crippen LogP contribution in [0.2, 0.25) is 0 Å². The summed E-state index contributed by atoms with van der Waals surface area (Å²) in [6, 6.07) is 9.54. The Morgan fingerprint density at radius 3 is 2.43 bits per heavy atom. The van der Waals surface area contributed by atoms with Crippen LogP contribution in [0.4, 0.5) is 0 Å². The summed E-state index contributed by atoms with van der Waals surface area (Å²) in [6.45, 7) is 7.25. The van der Waals surface area contributed by atoms with Gasteiger partial charge in [0.05, 0.1) is 18.8 Å². The summed E-state index contributed by atoms with van der Waals surface area (Å²) in [4.78, 5) is 29.0. The first kappa shape index (κ1) is 30.1. The van der Waals surface area contributed by atoms with E-state index in [-0.39, 0.29) is 11.6 Å². The minimum Gasteiger partial charge on any atom is -0.494 e. The number of carbonyl (C=O) groups excluding carboxylic acids is 2. The second kappa shape index (κ2) is 18.1. The van der Waals surface area contributed by atoms with E-state index in [9.17, 15) is 9.59 Å². The summed E-state index contributed by atoms with van der Waals surface area (Å²) in [7, 11) is 0. The molecule has 0 fully saturated rings. The number of benzene rings is 1. The Morgan fingerprint density at radius 2 is 1.76 bits per heavy atom. The van der Waals surface area contributed by atoms with Crippen LogP contribution in [0.25, 0.3) is 0 Å². The molecule has 5 heteroatoms. The van der Waals surface area contributed by atoms with Crippen LogP contribution in [-0.2, 0) is 19.1 Å². The molecule has 0 heterocycles. The van der Waals surface area contributed by atoms with E-state index in [1.165, 1.54) is 38.5 Å². The Balaban J connectivity index is 1.99. The third kappa shape index (κ3) is 12.1. The van der Waals surface area contributed by atoms with Crippen molar-refractivity contribution in [3.63, 3.8) is 0 Å². The number of rotatable bonds is 17. The van der Waals surface area contributed by atoms with Gasteiger partial charge in [-0.1, -0.05) is 109 Å². The van der Waals surface area contributed by atoms with Gasteiger partial charge < -0.3 is 9.47 Å². The van der Waals surface area contributed by atoms with E-state index in [4.69, 9.17) is 9.47 Å². The quantitative estimate of drug-likeness (QED) is 0.0720. The molecular weight excluding hydrogens is 462 g/mol. The van der Waals surface area contributed by atoms with E-state index in [2.05, 4.69) is 18.8 Å². The van der Waals surface area contributed by atoms with Crippen molar-refractivity contribution in [2.45, 2.75) is 78.6 Å². The Kier molecular flexibility index (Phi) is 14.7. The zero-order valence-corrected chi connectivity index (χ0v) is 22.8. The summed E-state index contributed by atoms with van der Waals surface area (Å²) in [6.07, 6.45) is 19.5. The van der Waals surface area contributed by atoms with Gasteiger partial charge in [-0.25, -0.2) is 14.6 Å². The first-order valence-electron chi connectivity index (χ1n) is 13.8. The molecule has 1 unspecified atom stereocenters. The van der Waals surface area contributed by atoms with E-state index < -0.39 is 11.9 Å². The van der Waals surface area contributed by atoms with Gasteiger partial charge in [0.2, 0.25) is 0 Å². The van der Waals surface area contributed by atoms with Crippen LogP contribution in [0.1, 0.15) is 84.1 Å². The average molecular weight is 506 g/mol. The van der Waals surface area contributed by atoms with E-state index in [0.717, 1.165) is 24.8 Å². The van der Waals surface area contributed by atoms with Crippen LogP contribution in [0.5, 0.6) is 0 Å². The number of hydrogen-bond donors (Lipinski definition) is 0. The van der Waals surface area contributed by atoms with Gasteiger partial charge in [0.25, 0.3) is 0 Å². The van der Waals surface area contributed by atoms with Gasteiger partial charge in [-0.05, 0) is 36.1 Å². The van der Waals surface area contributed by atoms with E-state index >= 15 is 0 Å². The fourth-order valence-corrected chi connectivity index (χ4v) is 3.79. The number of carbonyl (C=O) groups is 1. The van der Waals surface area contributed by atoms with Crippen molar-refractivity contribution in [3.05, 3.63) is 77.2 Å². The Hall–Kier alpha value is -3.17. The minimum atomic E-state index is -0.508. The van der Waals surface area contributed by atoms with Gasteiger partial charge in [-0.2, -0.15) is 0 Å². The molecule has 1 aliphatic carbocycles. The lowest BCUT2D eigenvalue weighted by Crippen LogP contribution is -2.14. The Labute approximate surface area is 223 Å². The van der Waals surface area contributed by atoms with Crippen molar-refractivity contribution in [1.29, 1.82) is 0 Å². The van der Waals surface area contributed by atoms with Crippen molar-refractivity contribution in [2.75, 3.05) is 13.2 Å². The second-order valence-electron chi connectivity index (χ2n) is 9.65. The first-order chi connectivity index (χ1) is 18.1. The van der Waals surface area contributed by atoms with Gasteiger partial charge in [0.15, 0.2) is 0 Å². The minimum absolute atomic E-state index is 0.159. The number of aliphatic imine (C=N–C) groups is 1. The standard InChI is InChI=1S/C32H43NO4/c1-4-6-7-8-9-10-11-15-20-36-30-19-18-28(29(21-30)24-34)22-31(32(35)37-25-26(3)5-2)33-23-27-16-13-12-14-17-27/h12-14,16-19,21-23,26,28H,4-11,15,20,25H2,1-3H3/t26-,28?/m0/s1. The maximum atomic E-state index is 12.8. The molecule has 5 nitrogen and oxygen atoms in total. The Bertz CT molecular complexity index is 983. The number of hydrogen-bond acceptors (Lipinski definition) is 5.